The smallest absolute Gasteiger partial charge is 0.0498 e. The predicted octanol–water partition coefficient (Wildman–Crippen LogP) is 3.38. The summed E-state index contributed by atoms with van der Waals surface area (Å²) >= 11 is 0. The van der Waals surface area contributed by atoms with Crippen LogP contribution in [0, 0.1) is 6.92 Å². The third kappa shape index (κ3) is 4.51. The second kappa shape index (κ2) is 7.01. The average Bonchev–Trinajstić information content (AvgIpc) is 2.42. The van der Waals surface area contributed by atoms with E-state index < -0.39 is 10.8 Å². The van der Waals surface area contributed by atoms with Gasteiger partial charge >= 0.3 is 0 Å². The van der Waals surface area contributed by atoms with E-state index in [0.29, 0.717) is 0 Å². The van der Waals surface area contributed by atoms with Crippen LogP contribution in [-0.4, -0.2) is 29.5 Å². The fourth-order valence-electron chi connectivity index (χ4n) is 2.37. The number of benzene rings is 2. The molecule has 0 aromatic heterocycles. The SMILES string of the molecule is Cc1ccc(Cc2ccc(S(C)=O)cc2CN(C)C)cc1. The Balaban J connectivity index is 2.32. The van der Waals surface area contributed by atoms with Crippen molar-refractivity contribution in [2.24, 2.45) is 0 Å². The fraction of sp³-hybridized carbons (Fsp3) is 0.333. The number of hydrogen-bond donors (Lipinski definition) is 0. The zero-order valence-electron chi connectivity index (χ0n) is 13.2. The summed E-state index contributed by atoms with van der Waals surface area (Å²) in [5.74, 6) is 0. The van der Waals surface area contributed by atoms with E-state index in [1.807, 2.05) is 6.07 Å². The Kier molecular flexibility index (Phi) is 5.32. The maximum absolute atomic E-state index is 11.7. The molecule has 3 heteroatoms. The molecular formula is C18H23NOS. The lowest BCUT2D eigenvalue weighted by atomic mass is 9.99. The minimum Gasteiger partial charge on any atom is -0.305 e. The Morgan fingerprint density at radius 1 is 1.00 bits per heavy atom. The van der Waals surface area contributed by atoms with Gasteiger partial charge in [-0.05, 0) is 56.3 Å². The molecule has 1 atom stereocenters. The van der Waals surface area contributed by atoms with Crippen LogP contribution in [0.25, 0.3) is 0 Å². The van der Waals surface area contributed by atoms with Gasteiger partial charge < -0.3 is 4.90 Å². The van der Waals surface area contributed by atoms with Crippen LogP contribution >= 0.6 is 0 Å². The molecule has 112 valence electrons. The molecule has 2 aromatic carbocycles. The summed E-state index contributed by atoms with van der Waals surface area (Å²) in [5, 5.41) is 0. The maximum atomic E-state index is 11.7. The van der Waals surface area contributed by atoms with E-state index in [-0.39, 0.29) is 0 Å². The van der Waals surface area contributed by atoms with Crippen molar-refractivity contribution >= 4 is 10.8 Å². The van der Waals surface area contributed by atoms with Gasteiger partial charge in [-0.15, -0.1) is 0 Å². The lowest BCUT2D eigenvalue weighted by Crippen LogP contribution is -2.13. The summed E-state index contributed by atoms with van der Waals surface area (Å²) in [7, 11) is 3.19. The van der Waals surface area contributed by atoms with E-state index in [2.05, 4.69) is 62.3 Å². The minimum atomic E-state index is -0.930. The van der Waals surface area contributed by atoms with Crippen molar-refractivity contribution in [3.05, 3.63) is 64.7 Å². The third-order valence-electron chi connectivity index (χ3n) is 3.51. The number of nitrogens with zero attached hydrogens (tertiary/aromatic N) is 1. The Morgan fingerprint density at radius 3 is 2.24 bits per heavy atom. The van der Waals surface area contributed by atoms with Gasteiger partial charge in [-0.25, -0.2) is 0 Å². The van der Waals surface area contributed by atoms with Crippen molar-refractivity contribution in [3.63, 3.8) is 0 Å². The van der Waals surface area contributed by atoms with Crippen molar-refractivity contribution in [1.82, 2.24) is 4.90 Å². The second-order valence-corrected chi connectivity index (χ2v) is 7.16. The quantitative estimate of drug-likeness (QED) is 0.844. The Morgan fingerprint density at radius 2 is 1.67 bits per heavy atom. The molecule has 0 bridgehead atoms. The summed E-state index contributed by atoms with van der Waals surface area (Å²) in [4.78, 5) is 3.05. The molecule has 0 radical (unpaired) electrons. The maximum Gasteiger partial charge on any atom is 0.0498 e. The van der Waals surface area contributed by atoms with Gasteiger partial charge in [0.05, 0.1) is 0 Å². The van der Waals surface area contributed by atoms with Crippen molar-refractivity contribution in [1.29, 1.82) is 0 Å². The molecule has 0 heterocycles. The van der Waals surface area contributed by atoms with Crippen LogP contribution in [0.5, 0.6) is 0 Å². The lowest BCUT2D eigenvalue weighted by Gasteiger charge is -2.15. The molecule has 21 heavy (non-hydrogen) atoms. The van der Waals surface area contributed by atoms with Gasteiger partial charge in [0.15, 0.2) is 0 Å². The topological polar surface area (TPSA) is 20.3 Å². The second-order valence-electron chi connectivity index (χ2n) is 5.78. The van der Waals surface area contributed by atoms with Crippen LogP contribution in [0.1, 0.15) is 22.3 Å². The summed E-state index contributed by atoms with van der Waals surface area (Å²) < 4.78 is 11.7. The summed E-state index contributed by atoms with van der Waals surface area (Å²) in [6.45, 7) is 2.97. The Labute approximate surface area is 130 Å². The van der Waals surface area contributed by atoms with Gasteiger partial charge in [-0.3, -0.25) is 4.21 Å². The monoisotopic (exact) mass is 301 g/mol. The first-order chi connectivity index (χ1) is 9.95. The van der Waals surface area contributed by atoms with Gasteiger partial charge in [-0.1, -0.05) is 35.9 Å². The van der Waals surface area contributed by atoms with Crippen molar-refractivity contribution < 1.29 is 4.21 Å². The molecule has 0 N–H and O–H groups in total. The van der Waals surface area contributed by atoms with Crippen molar-refractivity contribution in [2.75, 3.05) is 20.4 Å². The first-order valence-corrected chi connectivity index (χ1v) is 8.67. The summed E-state index contributed by atoms with van der Waals surface area (Å²) in [6.07, 6.45) is 2.65. The first-order valence-electron chi connectivity index (χ1n) is 7.11. The Hall–Kier alpha value is -1.45. The lowest BCUT2D eigenvalue weighted by molar-refractivity contribution is 0.401. The van der Waals surface area contributed by atoms with Gasteiger partial charge in [0.1, 0.15) is 0 Å². The highest BCUT2D eigenvalue weighted by atomic mass is 32.2. The average molecular weight is 301 g/mol. The minimum absolute atomic E-state index is 0.867. The molecule has 2 nitrogen and oxygen atoms in total. The molecule has 1 unspecified atom stereocenters. The molecule has 0 spiro atoms. The van der Waals surface area contributed by atoms with E-state index in [4.69, 9.17) is 0 Å². The third-order valence-corrected chi connectivity index (χ3v) is 4.43. The van der Waals surface area contributed by atoms with Gasteiger partial charge in [0.2, 0.25) is 0 Å². The molecule has 0 saturated carbocycles. The highest BCUT2D eigenvalue weighted by molar-refractivity contribution is 7.84. The molecule has 0 aliphatic rings. The summed E-state index contributed by atoms with van der Waals surface area (Å²) in [5.41, 5.74) is 5.16. The van der Waals surface area contributed by atoms with E-state index >= 15 is 0 Å². The van der Waals surface area contributed by atoms with Crippen LogP contribution in [0.3, 0.4) is 0 Å². The van der Waals surface area contributed by atoms with Crippen molar-refractivity contribution in [3.8, 4) is 0 Å². The molecule has 0 saturated heterocycles. The standard InChI is InChI=1S/C18H23NOS/c1-14-5-7-15(8-6-14)11-16-9-10-18(21(4)20)12-17(16)13-19(2)3/h5-10,12H,11,13H2,1-4H3. The van der Waals surface area contributed by atoms with Crippen LogP contribution < -0.4 is 0 Å². The predicted molar refractivity (Wildman–Crippen MR) is 90.2 cm³/mol. The Bertz CT molecular complexity index is 632. The highest BCUT2D eigenvalue weighted by Crippen LogP contribution is 2.19. The van der Waals surface area contributed by atoms with E-state index in [1.54, 1.807) is 6.26 Å². The molecule has 0 aliphatic carbocycles. The number of rotatable bonds is 5. The first kappa shape index (κ1) is 15.9. The molecule has 0 fully saturated rings. The number of hydrogen-bond acceptors (Lipinski definition) is 2. The van der Waals surface area contributed by atoms with E-state index in [9.17, 15) is 4.21 Å². The van der Waals surface area contributed by atoms with Crippen LogP contribution in [0.15, 0.2) is 47.4 Å². The molecule has 0 amide bonds. The number of aryl methyl sites for hydroxylation is 1. The zero-order chi connectivity index (χ0) is 15.4. The van der Waals surface area contributed by atoms with Crippen LogP contribution in [0.4, 0.5) is 0 Å². The van der Waals surface area contributed by atoms with E-state index in [1.165, 1.54) is 22.3 Å². The van der Waals surface area contributed by atoms with Crippen molar-refractivity contribution in [2.45, 2.75) is 24.8 Å². The van der Waals surface area contributed by atoms with Gasteiger partial charge in [0, 0.05) is 28.5 Å². The van der Waals surface area contributed by atoms with Gasteiger partial charge in [-0.2, -0.15) is 0 Å². The van der Waals surface area contributed by atoms with Gasteiger partial charge in [0.25, 0.3) is 0 Å². The largest absolute Gasteiger partial charge is 0.305 e. The van der Waals surface area contributed by atoms with Crippen LogP contribution in [0.2, 0.25) is 0 Å². The molecular weight excluding hydrogens is 278 g/mol. The highest BCUT2D eigenvalue weighted by Gasteiger charge is 2.08. The zero-order valence-corrected chi connectivity index (χ0v) is 14.0. The fourth-order valence-corrected chi connectivity index (χ4v) is 2.94. The van der Waals surface area contributed by atoms with Crippen LogP contribution in [-0.2, 0) is 23.8 Å². The summed E-state index contributed by atoms with van der Waals surface area (Å²) in [6, 6.07) is 14.8. The molecule has 0 aliphatic heterocycles. The van der Waals surface area contributed by atoms with E-state index in [0.717, 1.165) is 17.9 Å². The molecule has 2 aromatic rings. The molecule has 2 rings (SSSR count). The normalized spacial score (nSPS) is 12.6.